The van der Waals surface area contributed by atoms with Crippen molar-refractivity contribution in [1.29, 1.82) is 0 Å². The Bertz CT molecular complexity index is 662. The summed E-state index contributed by atoms with van der Waals surface area (Å²) in [6, 6.07) is 7.57. The minimum absolute atomic E-state index is 0.0494. The van der Waals surface area contributed by atoms with Crippen LogP contribution in [0.1, 0.15) is 11.1 Å². The fourth-order valence-corrected chi connectivity index (χ4v) is 2.11. The first kappa shape index (κ1) is 16.7. The van der Waals surface area contributed by atoms with Gasteiger partial charge in [-0.15, -0.1) is 0 Å². The van der Waals surface area contributed by atoms with Crippen LogP contribution in [0.15, 0.2) is 47.3 Å². The number of likely N-dealkylation sites (N-methyl/N-ethyl adjacent to an activating group) is 1. The lowest BCUT2D eigenvalue weighted by Crippen LogP contribution is -2.27. The molecule has 0 bridgehead atoms. The van der Waals surface area contributed by atoms with Gasteiger partial charge in [-0.25, -0.2) is 0 Å². The molecule has 0 N–H and O–H groups in total. The zero-order chi connectivity index (χ0) is 16.7. The lowest BCUT2D eigenvalue weighted by atomic mass is 10.1. The Balaban J connectivity index is 1.90. The molecule has 0 radical (unpaired) electrons. The van der Waals surface area contributed by atoms with Crippen molar-refractivity contribution >= 4 is 12.0 Å². The minimum atomic E-state index is -0.0494. The zero-order valence-corrected chi connectivity index (χ0v) is 13.6. The number of hydrogen-bond donors (Lipinski definition) is 0. The van der Waals surface area contributed by atoms with Crippen molar-refractivity contribution in [2.45, 2.75) is 6.42 Å². The molecule has 0 saturated carbocycles. The van der Waals surface area contributed by atoms with Gasteiger partial charge in [0.05, 0.1) is 26.7 Å². The smallest absolute Gasteiger partial charge is 0.246 e. The Morgan fingerprint density at radius 2 is 2.00 bits per heavy atom. The fourth-order valence-electron chi connectivity index (χ4n) is 2.11. The van der Waals surface area contributed by atoms with Crippen molar-refractivity contribution in [1.82, 2.24) is 4.90 Å². The van der Waals surface area contributed by atoms with Crippen molar-refractivity contribution in [3.63, 3.8) is 0 Å². The van der Waals surface area contributed by atoms with E-state index in [-0.39, 0.29) is 5.91 Å². The summed E-state index contributed by atoms with van der Waals surface area (Å²) in [5.41, 5.74) is 1.95. The van der Waals surface area contributed by atoms with Crippen LogP contribution in [0.25, 0.3) is 6.08 Å². The number of amides is 1. The Hall–Kier alpha value is -2.69. The normalized spacial score (nSPS) is 10.7. The van der Waals surface area contributed by atoms with E-state index in [4.69, 9.17) is 13.9 Å². The van der Waals surface area contributed by atoms with Gasteiger partial charge in [0.15, 0.2) is 11.5 Å². The molecular weight excluding hydrogens is 294 g/mol. The van der Waals surface area contributed by atoms with E-state index in [0.29, 0.717) is 18.0 Å². The number of ether oxygens (including phenoxy) is 2. The van der Waals surface area contributed by atoms with Crippen LogP contribution in [0.2, 0.25) is 0 Å². The van der Waals surface area contributed by atoms with Gasteiger partial charge in [-0.1, -0.05) is 6.07 Å². The Morgan fingerprint density at radius 1 is 1.22 bits per heavy atom. The van der Waals surface area contributed by atoms with Gasteiger partial charge in [0.2, 0.25) is 5.91 Å². The molecule has 0 saturated heterocycles. The molecule has 0 aliphatic rings. The van der Waals surface area contributed by atoms with Crippen LogP contribution in [-0.4, -0.2) is 38.6 Å². The molecule has 2 aromatic rings. The van der Waals surface area contributed by atoms with Gasteiger partial charge in [0.25, 0.3) is 0 Å². The van der Waals surface area contributed by atoms with Gasteiger partial charge in [0, 0.05) is 25.2 Å². The number of benzene rings is 1. The monoisotopic (exact) mass is 315 g/mol. The number of hydrogen-bond acceptors (Lipinski definition) is 4. The maximum atomic E-state index is 12.0. The summed E-state index contributed by atoms with van der Waals surface area (Å²) >= 11 is 0. The second-order valence-electron chi connectivity index (χ2n) is 5.09. The van der Waals surface area contributed by atoms with E-state index in [1.807, 2.05) is 18.2 Å². The standard InChI is InChI=1S/C18H21NO4/c1-19(18(20)7-5-15-9-11-23-13-15)10-8-14-4-6-16(21-2)17(12-14)22-3/h4-7,9,11-13H,8,10H2,1-3H3/b7-5+. The van der Waals surface area contributed by atoms with E-state index >= 15 is 0 Å². The molecule has 0 aliphatic heterocycles. The second kappa shape index (κ2) is 8.08. The maximum absolute atomic E-state index is 12.0. The Labute approximate surface area is 136 Å². The van der Waals surface area contributed by atoms with Crippen molar-refractivity contribution in [2.75, 3.05) is 27.8 Å². The number of carbonyl (C=O) groups is 1. The molecule has 2 rings (SSSR count). The largest absolute Gasteiger partial charge is 0.493 e. The predicted molar refractivity (Wildman–Crippen MR) is 88.6 cm³/mol. The van der Waals surface area contributed by atoms with Gasteiger partial charge >= 0.3 is 0 Å². The van der Waals surface area contributed by atoms with Crippen molar-refractivity contribution in [2.24, 2.45) is 0 Å². The molecule has 5 nitrogen and oxygen atoms in total. The highest BCUT2D eigenvalue weighted by Crippen LogP contribution is 2.27. The first-order valence-corrected chi connectivity index (χ1v) is 7.30. The van der Waals surface area contributed by atoms with Crippen molar-refractivity contribution < 1.29 is 18.7 Å². The fraction of sp³-hybridized carbons (Fsp3) is 0.278. The molecule has 23 heavy (non-hydrogen) atoms. The minimum Gasteiger partial charge on any atom is -0.493 e. The number of carbonyl (C=O) groups excluding carboxylic acids is 1. The van der Waals surface area contributed by atoms with E-state index in [2.05, 4.69) is 0 Å². The molecule has 0 fully saturated rings. The third kappa shape index (κ3) is 4.64. The highest BCUT2D eigenvalue weighted by molar-refractivity contribution is 5.91. The van der Waals surface area contributed by atoms with E-state index in [9.17, 15) is 4.79 Å². The molecule has 1 aromatic heterocycles. The van der Waals surface area contributed by atoms with Crippen molar-refractivity contribution in [3.05, 3.63) is 54.0 Å². The number of furan rings is 1. The highest BCUT2D eigenvalue weighted by Gasteiger charge is 2.08. The Kier molecular flexibility index (Phi) is 5.86. The molecule has 0 spiro atoms. The quantitative estimate of drug-likeness (QED) is 0.737. The highest BCUT2D eigenvalue weighted by atomic mass is 16.5. The molecule has 1 amide bonds. The summed E-state index contributed by atoms with van der Waals surface area (Å²) in [5, 5.41) is 0. The van der Waals surface area contributed by atoms with Gasteiger partial charge in [-0.05, 0) is 36.3 Å². The first-order valence-electron chi connectivity index (χ1n) is 7.30. The molecule has 0 unspecified atom stereocenters. The van der Waals surface area contributed by atoms with Crippen LogP contribution in [0.3, 0.4) is 0 Å². The first-order chi connectivity index (χ1) is 11.1. The summed E-state index contributed by atoms with van der Waals surface area (Å²) in [7, 11) is 5.00. The van der Waals surface area contributed by atoms with E-state index < -0.39 is 0 Å². The summed E-state index contributed by atoms with van der Waals surface area (Å²) in [6.07, 6.45) is 7.18. The predicted octanol–water partition coefficient (Wildman–Crippen LogP) is 3.01. The molecular formula is C18H21NO4. The van der Waals surface area contributed by atoms with Crippen LogP contribution in [0.5, 0.6) is 11.5 Å². The summed E-state index contributed by atoms with van der Waals surface area (Å²) in [4.78, 5) is 13.7. The molecule has 1 heterocycles. The van der Waals surface area contributed by atoms with E-state index in [1.165, 1.54) is 0 Å². The molecule has 122 valence electrons. The average Bonchev–Trinajstić information content (AvgIpc) is 3.10. The van der Waals surface area contributed by atoms with Gasteiger partial charge < -0.3 is 18.8 Å². The van der Waals surface area contributed by atoms with Crippen LogP contribution in [-0.2, 0) is 11.2 Å². The van der Waals surface area contributed by atoms with E-state index in [1.54, 1.807) is 56.9 Å². The lowest BCUT2D eigenvalue weighted by molar-refractivity contribution is -0.124. The molecule has 0 aliphatic carbocycles. The van der Waals surface area contributed by atoms with Gasteiger partial charge in [0.1, 0.15) is 0 Å². The van der Waals surface area contributed by atoms with Crippen LogP contribution >= 0.6 is 0 Å². The number of nitrogens with zero attached hydrogens (tertiary/aromatic N) is 1. The van der Waals surface area contributed by atoms with Crippen LogP contribution < -0.4 is 9.47 Å². The third-order valence-corrected chi connectivity index (χ3v) is 3.52. The van der Waals surface area contributed by atoms with E-state index in [0.717, 1.165) is 17.5 Å². The number of methoxy groups -OCH3 is 2. The average molecular weight is 315 g/mol. The number of rotatable bonds is 7. The molecule has 0 atom stereocenters. The topological polar surface area (TPSA) is 51.9 Å². The zero-order valence-electron chi connectivity index (χ0n) is 13.6. The SMILES string of the molecule is COc1ccc(CCN(C)C(=O)/C=C/c2ccoc2)cc1OC. The Morgan fingerprint density at radius 3 is 2.65 bits per heavy atom. The maximum Gasteiger partial charge on any atom is 0.246 e. The van der Waals surface area contributed by atoms with Gasteiger partial charge in [-0.2, -0.15) is 0 Å². The van der Waals surface area contributed by atoms with Crippen LogP contribution in [0, 0.1) is 0 Å². The van der Waals surface area contributed by atoms with Crippen molar-refractivity contribution in [3.8, 4) is 11.5 Å². The molecule has 1 aromatic carbocycles. The molecule has 5 heteroatoms. The summed E-state index contributed by atoms with van der Waals surface area (Å²) in [6.45, 7) is 0.615. The third-order valence-electron chi connectivity index (χ3n) is 3.52. The summed E-state index contributed by atoms with van der Waals surface area (Å²) in [5.74, 6) is 1.34. The summed E-state index contributed by atoms with van der Waals surface area (Å²) < 4.78 is 15.5. The van der Waals surface area contributed by atoms with Gasteiger partial charge in [-0.3, -0.25) is 4.79 Å². The lowest BCUT2D eigenvalue weighted by Gasteiger charge is -2.16. The second-order valence-corrected chi connectivity index (χ2v) is 5.09. The van der Waals surface area contributed by atoms with Crippen LogP contribution in [0.4, 0.5) is 0 Å².